The number of hydrogen-bond acceptors (Lipinski definition) is 3. The van der Waals surface area contributed by atoms with Gasteiger partial charge in [-0.3, -0.25) is 4.79 Å². The molecule has 0 saturated heterocycles. The summed E-state index contributed by atoms with van der Waals surface area (Å²) in [5, 5.41) is 2.64. The van der Waals surface area contributed by atoms with E-state index in [0.717, 1.165) is 23.1 Å². The summed E-state index contributed by atoms with van der Waals surface area (Å²) in [7, 11) is 0. The largest absolute Gasteiger partial charge is 0.444 e. The molecule has 0 heterocycles. The molecule has 4 heteroatoms. The summed E-state index contributed by atoms with van der Waals surface area (Å²) in [6, 6.07) is 0. The maximum Gasteiger partial charge on any atom is 0.407 e. The Labute approximate surface area is 114 Å². The van der Waals surface area contributed by atoms with E-state index in [0.29, 0.717) is 5.57 Å². The van der Waals surface area contributed by atoms with E-state index in [1.807, 2.05) is 20.8 Å². The molecule has 0 radical (unpaired) electrons. The van der Waals surface area contributed by atoms with Gasteiger partial charge in [-0.1, -0.05) is 11.1 Å². The number of carbonyl (C=O) groups is 2. The molecule has 1 aliphatic rings. The van der Waals surface area contributed by atoms with Gasteiger partial charge < -0.3 is 10.1 Å². The van der Waals surface area contributed by atoms with Gasteiger partial charge in [0, 0.05) is 12.1 Å². The zero-order valence-corrected chi connectivity index (χ0v) is 12.6. The van der Waals surface area contributed by atoms with Crippen molar-refractivity contribution in [3.63, 3.8) is 0 Å². The molecule has 1 amide bonds. The maximum absolute atomic E-state index is 12.1. The van der Waals surface area contributed by atoms with Crippen LogP contribution in [0.5, 0.6) is 0 Å². The van der Waals surface area contributed by atoms with Crippen LogP contribution in [0.3, 0.4) is 0 Å². The van der Waals surface area contributed by atoms with E-state index < -0.39 is 11.7 Å². The van der Waals surface area contributed by atoms with Crippen molar-refractivity contribution in [3.05, 3.63) is 22.3 Å². The minimum atomic E-state index is -0.531. The molecular formula is C15H23NO3. The van der Waals surface area contributed by atoms with Crippen molar-refractivity contribution in [2.24, 2.45) is 0 Å². The highest BCUT2D eigenvalue weighted by Crippen LogP contribution is 2.26. The first-order valence-electron chi connectivity index (χ1n) is 6.48. The monoisotopic (exact) mass is 265 g/mol. The highest BCUT2D eigenvalue weighted by Gasteiger charge is 2.23. The van der Waals surface area contributed by atoms with Crippen molar-refractivity contribution in [2.45, 2.75) is 53.6 Å². The molecule has 0 atom stereocenters. The molecule has 0 saturated carbocycles. The molecule has 0 unspecified atom stereocenters. The summed E-state index contributed by atoms with van der Waals surface area (Å²) in [5.41, 5.74) is 3.05. The van der Waals surface area contributed by atoms with Gasteiger partial charge in [-0.05, 0) is 53.5 Å². The van der Waals surface area contributed by atoms with Crippen LogP contribution in [0.25, 0.3) is 0 Å². The van der Waals surface area contributed by atoms with E-state index in [4.69, 9.17) is 4.74 Å². The molecule has 0 aromatic rings. The number of ketones is 1. The predicted molar refractivity (Wildman–Crippen MR) is 74.9 cm³/mol. The normalized spacial score (nSPS) is 16.8. The summed E-state index contributed by atoms with van der Waals surface area (Å²) in [6.07, 6.45) is 0.299. The molecular weight excluding hydrogens is 242 g/mol. The molecule has 4 nitrogen and oxygen atoms in total. The van der Waals surface area contributed by atoms with Crippen LogP contribution in [-0.4, -0.2) is 24.0 Å². The number of carbonyl (C=O) groups excluding carboxylic acids is 2. The number of amides is 1. The second-order valence-electron chi connectivity index (χ2n) is 6.03. The standard InChI is InChI=1S/C15H23NO3/c1-9-7-10(2)12(13(17)11(9)3)8-16-14(18)19-15(4,5)6/h7-8H2,1-6H3,(H,16,18). The Bertz CT molecular complexity index is 464. The maximum atomic E-state index is 12.1. The molecule has 0 bridgehead atoms. The fraction of sp³-hybridized carbons (Fsp3) is 0.600. The average molecular weight is 265 g/mol. The van der Waals surface area contributed by atoms with Crippen molar-refractivity contribution in [1.82, 2.24) is 5.32 Å². The number of alkyl carbamates (subject to hydrolysis) is 1. The quantitative estimate of drug-likeness (QED) is 0.834. The van der Waals surface area contributed by atoms with Gasteiger partial charge in [-0.25, -0.2) is 4.79 Å². The fourth-order valence-electron chi connectivity index (χ4n) is 1.96. The summed E-state index contributed by atoms with van der Waals surface area (Å²) >= 11 is 0. The number of Topliss-reactive ketones (excluding diaryl/α,β-unsaturated/α-hetero) is 1. The lowest BCUT2D eigenvalue weighted by atomic mass is 9.87. The molecule has 1 N–H and O–H groups in total. The van der Waals surface area contributed by atoms with Crippen LogP contribution in [-0.2, 0) is 9.53 Å². The molecule has 0 fully saturated rings. The number of hydrogen-bond donors (Lipinski definition) is 1. The molecule has 1 rings (SSSR count). The highest BCUT2D eigenvalue weighted by molar-refractivity contribution is 6.10. The van der Waals surface area contributed by atoms with E-state index in [2.05, 4.69) is 5.32 Å². The third kappa shape index (κ3) is 4.23. The predicted octanol–water partition coefficient (Wildman–Crippen LogP) is 3.14. The smallest absolute Gasteiger partial charge is 0.407 e. The first-order valence-corrected chi connectivity index (χ1v) is 6.48. The SMILES string of the molecule is CC1=C(C)C(=O)C(CNC(=O)OC(C)(C)C)=C(C)C1. The van der Waals surface area contributed by atoms with Gasteiger partial charge in [-0.15, -0.1) is 0 Å². The minimum absolute atomic E-state index is 0.0253. The Morgan fingerprint density at radius 1 is 1.21 bits per heavy atom. The third-order valence-electron chi connectivity index (χ3n) is 3.11. The summed E-state index contributed by atoms with van der Waals surface area (Å²) in [4.78, 5) is 23.7. The first-order chi connectivity index (χ1) is 8.61. The molecule has 0 aromatic carbocycles. The van der Waals surface area contributed by atoms with Crippen LogP contribution in [0, 0.1) is 0 Å². The van der Waals surface area contributed by atoms with Crippen LogP contribution < -0.4 is 5.32 Å². The zero-order chi connectivity index (χ0) is 14.8. The fourth-order valence-corrected chi connectivity index (χ4v) is 1.96. The lowest BCUT2D eigenvalue weighted by Gasteiger charge is -2.22. The van der Waals surface area contributed by atoms with Gasteiger partial charge >= 0.3 is 6.09 Å². The molecule has 19 heavy (non-hydrogen) atoms. The Balaban J connectivity index is 2.66. The lowest BCUT2D eigenvalue weighted by Crippen LogP contribution is -2.35. The summed E-state index contributed by atoms with van der Waals surface area (Å²) < 4.78 is 5.15. The Hall–Kier alpha value is -1.58. The molecule has 0 aromatic heterocycles. The summed E-state index contributed by atoms with van der Waals surface area (Å²) in [6.45, 7) is 11.4. The van der Waals surface area contributed by atoms with Crippen LogP contribution in [0.15, 0.2) is 22.3 Å². The van der Waals surface area contributed by atoms with Gasteiger partial charge in [0.25, 0.3) is 0 Å². The second kappa shape index (κ2) is 5.59. The summed E-state index contributed by atoms with van der Waals surface area (Å²) in [5.74, 6) is 0.0253. The Kier molecular flexibility index (Phi) is 4.56. The molecule has 106 valence electrons. The van der Waals surface area contributed by atoms with E-state index in [-0.39, 0.29) is 12.3 Å². The minimum Gasteiger partial charge on any atom is -0.444 e. The first kappa shape index (κ1) is 15.5. The molecule has 0 spiro atoms. The van der Waals surface area contributed by atoms with Gasteiger partial charge in [-0.2, -0.15) is 0 Å². The number of ether oxygens (including phenoxy) is 1. The van der Waals surface area contributed by atoms with Crippen molar-refractivity contribution in [1.29, 1.82) is 0 Å². The van der Waals surface area contributed by atoms with E-state index in [9.17, 15) is 9.59 Å². The van der Waals surface area contributed by atoms with E-state index >= 15 is 0 Å². The molecule has 0 aliphatic heterocycles. The van der Waals surface area contributed by atoms with Crippen LogP contribution in [0.2, 0.25) is 0 Å². The van der Waals surface area contributed by atoms with Crippen molar-refractivity contribution >= 4 is 11.9 Å². The Morgan fingerprint density at radius 3 is 2.32 bits per heavy atom. The van der Waals surface area contributed by atoms with Crippen molar-refractivity contribution in [2.75, 3.05) is 6.54 Å². The van der Waals surface area contributed by atoms with Crippen molar-refractivity contribution in [3.8, 4) is 0 Å². The van der Waals surface area contributed by atoms with Gasteiger partial charge in [0.1, 0.15) is 5.60 Å². The van der Waals surface area contributed by atoms with Gasteiger partial charge in [0.05, 0.1) is 0 Å². The highest BCUT2D eigenvalue weighted by atomic mass is 16.6. The zero-order valence-electron chi connectivity index (χ0n) is 12.6. The lowest BCUT2D eigenvalue weighted by molar-refractivity contribution is -0.112. The van der Waals surface area contributed by atoms with Crippen molar-refractivity contribution < 1.29 is 14.3 Å². The van der Waals surface area contributed by atoms with Gasteiger partial charge in [0.2, 0.25) is 0 Å². The Morgan fingerprint density at radius 2 is 1.79 bits per heavy atom. The second-order valence-corrected chi connectivity index (χ2v) is 6.03. The van der Waals surface area contributed by atoms with E-state index in [1.165, 1.54) is 0 Å². The number of allylic oxidation sites excluding steroid dienone is 3. The number of rotatable bonds is 2. The topological polar surface area (TPSA) is 55.4 Å². The third-order valence-corrected chi connectivity index (χ3v) is 3.11. The van der Waals surface area contributed by atoms with Crippen LogP contribution in [0.4, 0.5) is 4.79 Å². The van der Waals surface area contributed by atoms with Gasteiger partial charge in [0.15, 0.2) is 5.78 Å². The number of nitrogens with one attached hydrogen (secondary N) is 1. The van der Waals surface area contributed by atoms with Crippen LogP contribution in [0.1, 0.15) is 48.0 Å². The molecule has 1 aliphatic carbocycles. The van der Waals surface area contributed by atoms with Crippen LogP contribution >= 0.6 is 0 Å². The average Bonchev–Trinajstić information content (AvgIpc) is 2.23. The van der Waals surface area contributed by atoms with E-state index in [1.54, 1.807) is 20.8 Å².